The molecule has 19 heavy (non-hydrogen) atoms. The first-order valence-corrected chi connectivity index (χ1v) is 6.34. The van der Waals surface area contributed by atoms with Crippen LogP contribution < -0.4 is 5.32 Å². The molecule has 1 aliphatic heterocycles. The Morgan fingerprint density at radius 3 is 2.79 bits per heavy atom. The van der Waals surface area contributed by atoms with Gasteiger partial charge in [-0.1, -0.05) is 30.3 Å². The highest BCUT2D eigenvalue weighted by molar-refractivity contribution is 5.78. The van der Waals surface area contributed by atoms with Gasteiger partial charge in [0.25, 0.3) is 0 Å². The molecule has 0 aliphatic carbocycles. The van der Waals surface area contributed by atoms with Crippen molar-refractivity contribution in [3.8, 4) is 0 Å². The number of aliphatic hydroxyl groups excluding tert-OH is 1. The number of carbonyl (C=O) groups excluding carboxylic acids is 2. The second-order valence-corrected chi connectivity index (χ2v) is 4.70. The molecule has 1 aromatic carbocycles. The third-order valence-corrected chi connectivity index (χ3v) is 3.17. The number of carbonyl (C=O) groups is 1. The van der Waals surface area contributed by atoms with E-state index in [2.05, 4.69) is 5.32 Å². The molecular weight excluding hydrogens is 244 g/mol. The Labute approximate surface area is 112 Å². The first kappa shape index (κ1) is 13.5. The molecule has 0 saturated carbocycles. The van der Waals surface area contributed by atoms with E-state index in [-0.39, 0.29) is 6.03 Å². The minimum atomic E-state index is -0.660. The lowest BCUT2D eigenvalue weighted by molar-refractivity contribution is 0.171. The van der Waals surface area contributed by atoms with Crippen molar-refractivity contribution < 1.29 is 14.7 Å². The Hall–Kier alpha value is -1.88. The van der Waals surface area contributed by atoms with Gasteiger partial charge in [-0.05, 0) is 12.0 Å². The molecule has 5 nitrogen and oxygen atoms in total. The predicted octanol–water partition coefficient (Wildman–Crippen LogP) is 0.484. The summed E-state index contributed by atoms with van der Waals surface area (Å²) in [4.78, 5) is 24.3. The summed E-state index contributed by atoms with van der Waals surface area (Å²) < 4.78 is 0. The smallest absolute Gasteiger partial charge is 0.318 e. The van der Waals surface area contributed by atoms with E-state index in [1.54, 1.807) is 0 Å². The van der Waals surface area contributed by atoms with E-state index in [1.807, 2.05) is 36.6 Å². The van der Waals surface area contributed by atoms with Gasteiger partial charge in [-0.25, -0.2) is 4.79 Å². The maximum atomic E-state index is 11.9. The molecular formula is C14H17N2O3. The van der Waals surface area contributed by atoms with Gasteiger partial charge in [0, 0.05) is 19.5 Å². The Balaban J connectivity index is 1.88. The van der Waals surface area contributed by atoms with Crippen LogP contribution in [0.5, 0.6) is 0 Å². The van der Waals surface area contributed by atoms with Crippen LogP contribution in [-0.4, -0.2) is 47.6 Å². The Kier molecular flexibility index (Phi) is 4.52. The number of likely N-dealkylation sites (tertiary alicyclic amines) is 1. The first-order valence-electron chi connectivity index (χ1n) is 6.34. The van der Waals surface area contributed by atoms with Crippen molar-refractivity contribution in [3.63, 3.8) is 0 Å². The average molecular weight is 261 g/mol. The van der Waals surface area contributed by atoms with Crippen LogP contribution >= 0.6 is 0 Å². The summed E-state index contributed by atoms with van der Waals surface area (Å²) in [5.74, 6) is 0. The van der Waals surface area contributed by atoms with Crippen LogP contribution in [0.1, 0.15) is 12.0 Å². The molecule has 2 atom stereocenters. The zero-order valence-electron chi connectivity index (χ0n) is 10.6. The summed E-state index contributed by atoms with van der Waals surface area (Å²) in [5, 5.41) is 12.0. The quantitative estimate of drug-likeness (QED) is 0.828. The van der Waals surface area contributed by atoms with Gasteiger partial charge in [-0.2, -0.15) is 0 Å². The van der Waals surface area contributed by atoms with Gasteiger partial charge in [0.1, 0.15) is 6.04 Å². The maximum absolute atomic E-state index is 11.9. The van der Waals surface area contributed by atoms with Crippen LogP contribution in [0.15, 0.2) is 30.3 Å². The number of hydrogen-bond acceptors (Lipinski definition) is 3. The van der Waals surface area contributed by atoms with Crippen molar-refractivity contribution in [2.24, 2.45) is 0 Å². The molecule has 0 aromatic heterocycles. The fourth-order valence-corrected chi connectivity index (χ4v) is 2.14. The maximum Gasteiger partial charge on any atom is 0.318 e. The number of urea groups is 1. The second-order valence-electron chi connectivity index (χ2n) is 4.70. The molecule has 1 saturated heterocycles. The topological polar surface area (TPSA) is 69.6 Å². The van der Waals surface area contributed by atoms with Gasteiger partial charge >= 0.3 is 6.03 Å². The van der Waals surface area contributed by atoms with E-state index < -0.39 is 12.1 Å². The van der Waals surface area contributed by atoms with E-state index in [0.29, 0.717) is 25.9 Å². The summed E-state index contributed by atoms with van der Waals surface area (Å²) in [7, 11) is 0. The molecule has 1 heterocycles. The SMILES string of the molecule is O=[C][C@H](Cc1ccccc1)NC(=O)N1CC[C@H](O)C1. The summed E-state index contributed by atoms with van der Waals surface area (Å²) in [6.07, 6.45) is 2.39. The molecule has 1 fully saturated rings. The predicted molar refractivity (Wildman–Crippen MR) is 70.4 cm³/mol. The van der Waals surface area contributed by atoms with Gasteiger partial charge in [-0.15, -0.1) is 0 Å². The van der Waals surface area contributed by atoms with Crippen LogP contribution in [0.25, 0.3) is 0 Å². The lowest BCUT2D eigenvalue weighted by Gasteiger charge is -2.19. The third-order valence-electron chi connectivity index (χ3n) is 3.17. The zero-order valence-corrected chi connectivity index (χ0v) is 10.6. The number of hydrogen-bond donors (Lipinski definition) is 2. The summed E-state index contributed by atoms with van der Waals surface area (Å²) >= 11 is 0. The number of rotatable bonds is 4. The van der Waals surface area contributed by atoms with Crippen LogP contribution in [0.4, 0.5) is 4.79 Å². The van der Waals surface area contributed by atoms with E-state index in [4.69, 9.17) is 0 Å². The van der Waals surface area contributed by atoms with Crippen molar-refractivity contribution >= 4 is 12.3 Å². The Bertz CT molecular complexity index is 436. The fraction of sp³-hybridized carbons (Fsp3) is 0.429. The lowest BCUT2D eigenvalue weighted by Crippen LogP contribution is -2.45. The van der Waals surface area contributed by atoms with E-state index in [9.17, 15) is 14.7 Å². The third kappa shape index (κ3) is 3.79. The van der Waals surface area contributed by atoms with Crippen molar-refractivity contribution in [3.05, 3.63) is 35.9 Å². The number of benzene rings is 1. The lowest BCUT2D eigenvalue weighted by atomic mass is 10.1. The highest BCUT2D eigenvalue weighted by Gasteiger charge is 2.26. The summed E-state index contributed by atoms with van der Waals surface area (Å²) in [6.45, 7) is 0.840. The average Bonchev–Trinajstić information content (AvgIpc) is 2.86. The molecule has 0 unspecified atom stereocenters. The monoisotopic (exact) mass is 261 g/mol. The molecule has 0 bridgehead atoms. The molecule has 1 aromatic rings. The molecule has 0 spiro atoms. The standard InChI is InChI=1S/C14H17N2O3/c17-10-12(8-11-4-2-1-3-5-11)15-14(19)16-7-6-13(18)9-16/h1-5,12-13,18H,6-9H2,(H,15,19)/t12-,13-/m0/s1. The van der Waals surface area contributed by atoms with Crippen LogP contribution in [0.3, 0.4) is 0 Å². The molecule has 2 rings (SSSR count). The number of amides is 2. The van der Waals surface area contributed by atoms with Crippen LogP contribution in [0, 0.1) is 0 Å². The van der Waals surface area contributed by atoms with Crippen molar-refractivity contribution in [2.45, 2.75) is 25.0 Å². The van der Waals surface area contributed by atoms with E-state index >= 15 is 0 Å². The van der Waals surface area contributed by atoms with Gasteiger partial charge in [-0.3, -0.25) is 4.79 Å². The molecule has 1 radical (unpaired) electrons. The summed E-state index contributed by atoms with van der Waals surface area (Å²) in [6, 6.07) is 8.49. The van der Waals surface area contributed by atoms with Crippen LogP contribution in [0.2, 0.25) is 0 Å². The second kappa shape index (κ2) is 6.33. The van der Waals surface area contributed by atoms with Gasteiger partial charge in [0.2, 0.25) is 6.29 Å². The summed E-state index contributed by atoms with van der Waals surface area (Å²) in [5.41, 5.74) is 0.970. The minimum absolute atomic E-state index is 0.319. The number of β-amino-alcohol motifs (C(OH)–C–C–N with tert-alkyl or cyclic N) is 1. The number of nitrogens with one attached hydrogen (secondary N) is 1. The fourth-order valence-electron chi connectivity index (χ4n) is 2.14. The Morgan fingerprint density at radius 1 is 1.47 bits per heavy atom. The van der Waals surface area contributed by atoms with Gasteiger partial charge < -0.3 is 15.3 Å². The highest BCUT2D eigenvalue weighted by atomic mass is 16.3. The molecule has 101 valence electrons. The van der Waals surface area contributed by atoms with Gasteiger partial charge in [0.05, 0.1) is 6.10 Å². The highest BCUT2D eigenvalue weighted by Crippen LogP contribution is 2.09. The molecule has 2 N–H and O–H groups in total. The Morgan fingerprint density at radius 2 is 2.21 bits per heavy atom. The largest absolute Gasteiger partial charge is 0.391 e. The van der Waals surface area contributed by atoms with E-state index in [1.165, 1.54) is 4.90 Å². The van der Waals surface area contributed by atoms with Crippen molar-refractivity contribution in [1.29, 1.82) is 0 Å². The van der Waals surface area contributed by atoms with E-state index in [0.717, 1.165) is 5.56 Å². The minimum Gasteiger partial charge on any atom is -0.391 e. The van der Waals surface area contributed by atoms with Crippen molar-refractivity contribution in [1.82, 2.24) is 10.2 Å². The molecule has 5 heteroatoms. The first-order chi connectivity index (χ1) is 9.19. The zero-order chi connectivity index (χ0) is 13.7. The molecule has 1 aliphatic rings. The normalized spacial score (nSPS) is 20.1. The number of aliphatic hydroxyl groups is 1. The van der Waals surface area contributed by atoms with Crippen LogP contribution in [-0.2, 0) is 11.2 Å². The van der Waals surface area contributed by atoms with Gasteiger partial charge in [0.15, 0.2) is 0 Å². The molecule has 2 amide bonds. The van der Waals surface area contributed by atoms with Crippen molar-refractivity contribution in [2.75, 3.05) is 13.1 Å². The number of nitrogens with zero attached hydrogens (tertiary/aromatic N) is 1.